The van der Waals surface area contributed by atoms with Crippen LogP contribution < -0.4 is 15.0 Å². The quantitative estimate of drug-likeness (QED) is 0.788. The molecule has 2 amide bonds. The third kappa shape index (κ3) is 3.77. The van der Waals surface area contributed by atoms with Crippen LogP contribution in [0.5, 0.6) is 5.75 Å². The Bertz CT molecular complexity index is 904. The van der Waals surface area contributed by atoms with Crippen molar-refractivity contribution in [2.75, 3.05) is 43.5 Å². The number of nitrogens with one attached hydrogen (secondary N) is 1. The number of carbonyl (C=O) groups is 2. The topological polar surface area (TPSA) is 61.9 Å². The van der Waals surface area contributed by atoms with Crippen LogP contribution in [0.25, 0.3) is 0 Å². The first-order valence-corrected chi connectivity index (χ1v) is 9.78. The first-order chi connectivity index (χ1) is 14.0. The molecule has 7 heteroatoms. The predicted molar refractivity (Wildman–Crippen MR) is 108 cm³/mol. The number of halogens is 1. The van der Waals surface area contributed by atoms with E-state index in [9.17, 15) is 14.0 Å². The zero-order valence-electron chi connectivity index (χ0n) is 16.4. The highest BCUT2D eigenvalue weighted by atomic mass is 19.1. The maximum Gasteiger partial charge on any atom is 0.240 e. The summed E-state index contributed by atoms with van der Waals surface area (Å²) in [7, 11) is 1.58. The van der Waals surface area contributed by atoms with Gasteiger partial charge in [0.1, 0.15) is 17.0 Å². The van der Waals surface area contributed by atoms with Gasteiger partial charge < -0.3 is 19.9 Å². The first kappa shape index (κ1) is 19.2. The second-order valence-electron chi connectivity index (χ2n) is 7.50. The van der Waals surface area contributed by atoms with Crippen molar-refractivity contribution >= 4 is 23.2 Å². The highest BCUT2D eigenvalue weighted by molar-refractivity contribution is 6.13. The summed E-state index contributed by atoms with van der Waals surface area (Å²) >= 11 is 0. The van der Waals surface area contributed by atoms with Gasteiger partial charge in [-0.05, 0) is 49.2 Å². The van der Waals surface area contributed by atoms with Crippen LogP contribution in [-0.4, -0.2) is 50.0 Å². The number of rotatable bonds is 5. The van der Waals surface area contributed by atoms with E-state index in [-0.39, 0.29) is 17.6 Å². The number of ether oxygens (including phenoxy) is 1. The fourth-order valence-electron chi connectivity index (χ4n) is 3.75. The van der Waals surface area contributed by atoms with Crippen molar-refractivity contribution in [3.05, 3.63) is 54.3 Å². The molecule has 1 aliphatic carbocycles. The maximum atomic E-state index is 14.0. The minimum Gasteiger partial charge on any atom is -0.497 e. The van der Waals surface area contributed by atoms with Crippen molar-refractivity contribution in [3.8, 4) is 5.75 Å². The van der Waals surface area contributed by atoms with E-state index in [0.717, 1.165) is 0 Å². The fourth-order valence-corrected chi connectivity index (χ4v) is 3.75. The zero-order chi connectivity index (χ0) is 20.4. The maximum absolute atomic E-state index is 14.0. The molecule has 1 saturated heterocycles. The molecule has 0 bridgehead atoms. The van der Waals surface area contributed by atoms with E-state index in [2.05, 4.69) is 5.32 Å². The fraction of sp³-hybridized carbons (Fsp3) is 0.364. The molecule has 2 fully saturated rings. The van der Waals surface area contributed by atoms with Gasteiger partial charge in [0.25, 0.3) is 0 Å². The molecule has 1 N–H and O–H groups in total. The monoisotopic (exact) mass is 397 g/mol. The number of carbonyl (C=O) groups excluding carboxylic acids is 2. The van der Waals surface area contributed by atoms with Gasteiger partial charge in [-0.3, -0.25) is 9.59 Å². The smallest absolute Gasteiger partial charge is 0.240 e. The number of hydrogen-bond donors (Lipinski definition) is 1. The highest BCUT2D eigenvalue weighted by Crippen LogP contribution is 2.48. The van der Waals surface area contributed by atoms with Crippen molar-refractivity contribution in [3.63, 3.8) is 0 Å². The highest BCUT2D eigenvalue weighted by Gasteiger charge is 2.58. The minimum absolute atomic E-state index is 0.128. The number of anilines is 2. The number of hydrogen-bond acceptors (Lipinski definition) is 4. The molecular weight excluding hydrogens is 373 g/mol. The average molecular weight is 397 g/mol. The van der Waals surface area contributed by atoms with Gasteiger partial charge in [0.2, 0.25) is 11.8 Å². The molecule has 0 radical (unpaired) electrons. The van der Waals surface area contributed by atoms with E-state index < -0.39 is 5.41 Å². The molecule has 29 heavy (non-hydrogen) atoms. The van der Waals surface area contributed by atoms with Gasteiger partial charge in [-0.25, -0.2) is 4.39 Å². The molecule has 1 saturated carbocycles. The van der Waals surface area contributed by atoms with E-state index in [1.165, 1.54) is 6.07 Å². The second kappa shape index (κ2) is 7.73. The third-order valence-corrected chi connectivity index (χ3v) is 5.70. The lowest BCUT2D eigenvalue weighted by Gasteiger charge is -2.37. The summed E-state index contributed by atoms with van der Waals surface area (Å²) in [4.78, 5) is 29.6. The summed E-state index contributed by atoms with van der Waals surface area (Å²) in [6.45, 7) is 2.04. The Balaban J connectivity index is 1.37. The van der Waals surface area contributed by atoms with Crippen LogP contribution in [-0.2, 0) is 9.59 Å². The molecular formula is C22H24FN3O3. The van der Waals surface area contributed by atoms with E-state index in [1.807, 2.05) is 4.90 Å². The largest absolute Gasteiger partial charge is 0.497 e. The number of methoxy groups -OCH3 is 1. The van der Waals surface area contributed by atoms with Gasteiger partial charge in [0.15, 0.2) is 0 Å². The van der Waals surface area contributed by atoms with Crippen molar-refractivity contribution in [2.45, 2.75) is 12.8 Å². The SMILES string of the molecule is COc1ccc(NC(=O)C2(C(=O)N3CCN(c4ccccc4F)CC3)CC2)cc1. The summed E-state index contributed by atoms with van der Waals surface area (Å²) in [6.07, 6.45) is 1.11. The third-order valence-electron chi connectivity index (χ3n) is 5.70. The van der Waals surface area contributed by atoms with Gasteiger partial charge >= 0.3 is 0 Å². The Morgan fingerprint density at radius 1 is 1.00 bits per heavy atom. The number of amides is 2. The van der Waals surface area contributed by atoms with Crippen LogP contribution in [0.1, 0.15) is 12.8 Å². The normalized spacial score (nSPS) is 17.6. The first-order valence-electron chi connectivity index (χ1n) is 9.78. The van der Waals surface area contributed by atoms with E-state index in [0.29, 0.717) is 56.1 Å². The van der Waals surface area contributed by atoms with Gasteiger partial charge in [-0.2, -0.15) is 0 Å². The van der Waals surface area contributed by atoms with Crippen molar-refractivity contribution < 1.29 is 18.7 Å². The standard InChI is InChI=1S/C22H24FN3O3/c1-29-17-8-6-16(7-9-17)24-20(27)22(10-11-22)21(28)26-14-12-25(13-15-26)19-5-3-2-4-18(19)23/h2-9H,10-15H2,1H3,(H,24,27). The zero-order valence-corrected chi connectivity index (χ0v) is 16.4. The van der Waals surface area contributed by atoms with Crippen LogP contribution in [0.2, 0.25) is 0 Å². The van der Waals surface area contributed by atoms with Gasteiger partial charge in [-0.15, -0.1) is 0 Å². The molecule has 0 atom stereocenters. The van der Waals surface area contributed by atoms with Crippen molar-refractivity contribution in [1.82, 2.24) is 4.90 Å². The Kier molecular flexibility index (Phi) is 5.13. The average Bonchev–Trinajstić information content (AvgIpc) is 3.56. The molecule has 0 unspecified atom stereocenters. The summed E-state index contributed by atoms with van der Waals surface area (Å²) < 4.78 is 19.1. The lowest BCUT2D eigenvalue weighted by molar-refractivity contribution is -0.142. The Morgan fingerprint density at radius 3 is 2.24 bits per heavy atom. The van der Waals surface area contributed by atoms with E-state index >= 15 is 0 Å². The van der Waals surface area contributed by atoms with Crippen LogP contribution >= 0.6 is 0 Å². The lowest BCUT2D eigenvalue weighted by Crippen LogP contribution is -2.52. The van der Waals surface area contributed by atoms with Gasteiger partial charge in [0.05, 0.1) is 12.8 Å². The van der Waals surface area contributed by atoms with E-state index in [4.69, 9.17) is 4.74 Å². The second-order valence-corrected chi connectivity index (χ2v) is 7.50. The number of nitrogens with zero attached hydrogens (tertiary/aromatic N) is 2. The molecule has 2 aromatic carbocycles. The summed E-state index contributed by atoms with van der Waals surface area (Å²) in [5, 5.41) is 2.86. The van der Waals surface area contributed by atoms with Crippen LogP contribution in [0.4, 0.5) is 15.8 Å². The summed E-state index contributed by atoms with van der Waals surface area (Å²) in [5.41, 5.74) is 0.220. The van der Waals surface area contributed by atoms with E-state index in [1.54, 1.807) is 54.5 Å². The van der Waals surface area contributed by atoms with Crippen LogP contribution in [0, 0.1) is 11.2 Å². The van der Waals surface area contributed by atoms with Crippen molar-refractivity contribution in [1.29, 1.82) is 0 Å². The molecule has 4 rings (SSSR count). The van der Waals surface area contributed by atoms with Gasteiger partial charge in [0, 0.05) is 31.9 Å². The number of piperazine rings is 1. The lowest BCUT2D eigenvalue weighted by atomic mass is 10.0. The molecule has 152 valence electrons. The Morgan fingerprint density at radius 2 is 1.66 bits per heavy atom. The Labute approximate surface area is 169 Å². The molecule has 2 aromatic rings. The molecule has 0 spiro atoms. The van der Waals surface area contributed by atoms with Gasteiger partial charge in [-0.1, -0.05) is 12.1 Å². The Hall–Kier alpha value is -3.09. The van der Waals surface area contributed by atoms with Crippen molar-refractivity contribution in [2.24, 2.45) is 5.41 Å². The predicted octanol–water partition coefficient (Wildman–Crippen LogP) is 2.90. The number of benzene rings is 2. The molecule has 6 nitrogen and oxygen atoms in total. The molecule has 2 aliphatic rings. The molecule has 0 aromatic heterocycles. The van der Waals surface area contributed by atoms with Crippen LogP contribution in [0.15, 0.2) is 48.5 Å². The van der Waals surface area contributed by atoms with Crippen LogP contribution in [0.3, 0.4) is 0 Å². The summed E-state index contributed by atoms with van der Waals surface area (Å²) in [6, 6.07) is 13.7. The molecule has 1 aliphatic heterocycles. The summed E-state index contributed by atoms with van der Waals surface area (Å²) in [5.74, 6) is 0.0543. The number of para-hydroxylation sites is 1. The molecule has 1 heterocycles. The minimum atomic E-state index is -0.972.